The first-order valence-corrected chi connectivity index (χ1v) is 6.12. The maximum Gasteiger partial charge on any atom is 0.409 e. The summed E-state index contributed by atoms with van der Waals surface area (Å²) in [5.41, 5.74) is -0.269. The highest BCUT2D eigenvalue weighted by molar-refractivity contribution is 14.1. The second kappa shape index (κ2) is 5.62. The molecule has 0 spiro atoms. The van der Waals surface area contributed by atoms with Crippen molar-refractivity contribution < 1.29 is 30.1 Å². The van der Waals surface area contributed by atoms with E-state index in [1.807, 2.05) is 22.6 Å². The van der Waals surface area contributed by atoms with Crippen molar-refractivity contribution >= 4 is 38.4 Å². The van der Waals surface area contributed by atoms with Crippen LogP contribution in [0.1, 0.15) is 0 Å². The summed E-state index contributed by atoms with van der Waals surface area (Å²) in [5.74, 6) is 0.357. The fourth-order valence-corrected chi connectivity index (χ4v) is 2.50. The van der Waals surface area contributed by atoms with Gasteiger partial charge in [-0.1, -0.05) is 0 Å². The first-order valence-electron chi connectivity index (χ1n) is 3.60. The second-order valence-corrected chi connectivity index (χ2v) is 5.08. The third-order valence-corrected chi connectivity index (χ3v) is 3.34. The molecular weight excluding hydrogens is 371 g/mol. The van der Waals surface area contributed by atoms with Crippen LogP contribution in [0.25, 0.3) is 4.98 Å². The summed E-state index contributed by atoms with van der Waals surface area (Å²) < 4.78 is 36.0. The zero-order valence-electron chi connectivity index (χ0n) is 7.89. The third kappa shape index (κ3) is 3.18. The Morgan fingerprint density at radius 2 is 2.06 bits per heavy atom. The third-order valence-electron chi connectivity index (χ3n) is 1.62. The molecule has 0 bridgehead atoms. The lowest BCUT2D eigenvalue weighted by molar-refractivity contribution is -0.00000769. The van der Waals surface area contributed by atoms with Crippen LogP contribution in [-0.4, -0.2) is 20.1 Å². The van der Waals surface area contributed by atoms with Crippen LogP contribution >= 0.6 is 22.6 Å². The number of halogens is 2. The van der Waals surface area contributed by atoms with Crippen molar-refractivity contribution in [2.75, 3.05) is 7.11 Å². The van der Waals surface area contributed by atoms with Crippen molar-refractivity contribution in [3.05, 3.63) is 20.7 Å². The van der Waals surface area contributed by atoms with E-state index < -0.39 is 15.0 Å². The highest BCUT2D eigenvalue weighted by Crippen LogP contribution is 2.32. The summed E-state index contributed by atoms with van der Waals surface area (Å²) in [6, 6.07) is 2.37. The molecule has 0 saturated carbocycles. The van der Waals surface area contributed by atoms with Gasteiger partial charge in [0.25, 0.3) is 0 Å². The topological polar surface area (TPSA) is 91.8 Å². The maximum atomic E-state index is 10.9. The number of hydrogen-bond acceptors (Lipinski definition) is 4. The van der Waals surface area contributed by atoms with Gasteiger partial charge in [0.1, 0.15) is 5.75 Å². The Hall–Kier alpha value is -0.630. The molecule has 0 heterocycles. The summed E-state index contributed by atoms with van der Waals surface area (Å²) in [5, 5.41) is 8.58. The molecular formula is C7H6ClIN2O4S. The van der Waals surface area contributed by atoms with Gasteiger partial charge >= 0.3 is 15.8 Å². The van der Waals surface area contributed by atoms with Crippen LogP contribution in [0.3, 0.4) is 0 Å². The smallest absolute Gasteiger partial charge is 0.409 e. The van der Waals surface area contributed by atoms with Gasteiger partial charge in [-0.25, -0.2) is 0 Å². The molecule has 1 rings (SSSR count). The second-order valence-electron chi connectivity index (χ2n) is 2.53. The van der Waals surface area contributed by atoms with Crippen LogP contribution in [0.15, 0.2) is 17.0 Å². The van der Waals surface area contributed by atoms with Crippen LogP contribution in [0.4, 0.5) is 5.69 Å². The van der Waals surface area contributed by atoms with E-state index in [0.29, 0.717) is 9.32 Å². The Balaban J connectivity index is 0.00000225. The number of nitrogens with zero attached hydrogens (tertiary/aromatic N) is 2. The van der Waals surface area contributed by atoms with Gasteiger partial charge in [-0.05, 0) is 28.7 Å². The normalized spacial score (nSPS) is 10.1. The van der Waals surface area contributed by atoms with Crippen LogP contribution < -0.4 is 17.1 Å². The minimum absolute atomic E-state index is 0. The lowest BCUT2D eigenvalue weighted by atomic mass is 10.3. The van der Waals surface area contributed by atoms with Gasteiger partial charge in [-0.15, -0.1) is 0 Å². The number of diazo groups is 1. The molecule has 0 unspecified atom stereocenters. The largest absolute Gasteiger partial charge is 1.00 e. The van der Waals surface area contributed by atoms with E-state index in [1.54, 1.807) is 0 Å². The standard InChI is InChI=1S/C7H5IN2O4S.ClH/c1-14-6-3-5(10-9)7(2-4(6)8)15(11,12)13;/h2-3H,1H3;1H. The lowest BCUT2D eigenvalue weighted by Gasteiger charge is -2.01. The van der Waals surface area contributed by atoms with E-state index in [-0.39, 0.29) is 18.1 Å². The fourth-order valence-electron chi connectivity index (χ4n) is 0.966. The van der Waals surface area contributed by atoms with E-state index in [4.69, 9.17) is 14.7 Å². The predicted molar refractivity (Wildman–Crippen MR) is 60.3 cm³/mol. The van der Waals surface area contributed by atoms with Gasteiger partial charge in [0.15, 0.2) is 9.87 Å². The van der Waals surface area contributed by atoms with E-state index in [1.165, 1.54) is 13.2 Å². The molecule has 0 radical (unpaired) electrons. The first kappa shape index (κ1) is 15.4. The molecule has 1 N–H and O–H groups in total. The number of methoxy groups -OCH3 is 1. The molecule has 0 aliphatic rings. The van der Waals surface area contributed by atoms with Gasteiger partial charge in [0.2, 0.25) is 5.39 Å². The minimum atomic E-state index is -4.41. The van der Waals surface area contributed by atoms with Crippen molar-refractivity contribution in [3.8, 4) is 5.75 Å². The number of ether oxygens (including phenoxy) is 1. The summed E-state index contributed by atoms with van der Waals surface area (Å²) >= 11 is 1.84. The predicted octanol–water partition coefficient (Wildman–Crippen LogP) is -0.965. The first-order chi connectivity index (χ1) is 6.90. The number of benzene rings is 1. The van der Waals surface area contributed by atoms with Gasteiger partial charge in [-0.3, -0.25) is 4.55 Å². The quantitative estimate of drug-likeness (QED) is 0.408. The van der Waals surface area contributed by atoms with Crippen molar-refractivity contribution in [2.45, 2.75) is 4.90 Å². The summed E-state index contributed by atoms with van der Waals surface area (Å²) in [6.07, 6.45) is 0. The monoisotopic (exact) mass is 376 g/mol. The van der Waals surface area contributed by atoms with E-state index in [0.717, 1.165) is 6.07 Å². The van der Waals surface area contributed by atoms with Crippen LogP contribution in [0.2, 0.25) is 0 Å². The number of hydrogen-bond donors (Lipinski definition) is 1. The van der Waals surface area contributed by atoms with Gasteiger partial charge < -0.3 is 17.1 Å². The molecule has 0 saturated heterocycles. The fraction of sp³-hybridized carbons (Fsp3) is 0.143. The molecule has 0 aliphatic carbocycles. The molecule has 0 amide bonds. The minimum Gasteiger partial charge on any atom is -1.00 e. The Morgan fingerprint density at radius 3 is 2.44 bits per heavy atom. The zero-order chi connectivity index (χ0) is 11.6. The number of rotatable bonds is 2. The average molecular weight is 377 g/mol. The summed E-state index contributed by atoms with van der Waals surface area (Å²) in [4.78, 5) is 2.30. The van der Waals surface area contributed by atoms with Gasteiger partial charge in [0.05, 0.1) is 16.7 Å². The molecule has 9 heteroatoms. The molecule has 1 aromatic carbocycles. The molecule has 88 valence electrons. The van der Waals surface area contributed by atoms with E-state index in [9.17, 15) is 8.42 Å². The lowest BCUT2D eigenvalue weighted by Crippen LogP contribution is -3.00. The van der Waals surface area contributed by atoms with Crippen LogP contribution in [-0.2, 0) is 10.1 Å². The van der Waals surface area contributed by atoms with Crippen molar-refractivity contribution in [3.63, 3.8) is 0 Å². The molecule has 1 aromatic rings. The van der Waals surface area contributed by atoms with Crippen molar-refractivity contribution in [1.82, 2.24) is 0 Å². The van der Waals surface area contributed by atoms with E-state index in [2.05, 4.69) is 4.98 Å². The molecule has 0 atom stereocenters. The van der Waals surface area contributed by atoms with Crippen LogP contribution in [0.5, 0.6) is 5.75 Å². The molecule has 16 heavy (non-hydrogen) atoms. The average Bonchev–Trinajstić information content (AvgIpc) is 2.16. The Labute approximate surface area is 112 Å². The summed E-state index contributed by atoms with van der Waals surface area (Å²) in [6.45, 7) is 0. The summed E-state index contributed by atoms with van der Waals surface area (Å²) in [7, 11) is -3.01. The SMILES string of the molecule is COc1cc([N+]#N)c(S(=O)(=O)O)cc1I.[Cl-]. The molecule has 0 aromatic heterocycles. The van der Waals surface area contributed by atoms with E-state index >= 15 is 0 Å². The van der Waals surface area contributed by atoms with Crippen molar-refractivity contribution in [1.29, 1.82) is 5.39 Å². The Morgan fingerprint density at radius 1 is 1.50 bits per heavy atom. The van der Waals surface area contributed by atoms with Gasteiger partial charge in [-0.2, -0.15) is 8.42 Å². The highest BCUT2D eigenvalue weighted by Gasteiger charge is 2.27. The molecule has 0 fully saturated rings. The highest BCUT2D eigenvalue weighted by atomic mass is 127. The van der Waals surface area contributed by atoms with Crippen molar-refractivity contribution in [2.24, 2.45) is 0 Å². The van der Waals surface area contributed by atoms with Crippen LogP contribution in [0, 0.1) is 8.96 Å². The molecule has 6 nitrogen and oxygen atoms in total. The molecule has 0 aliphatic heterocycles. The maximum absolute atomic E-state index is 10.9. The van der Waals surface area contributed by atoms with Gasteiger partial charge in [0, 0.05) is 0 Å². The Kier molecular flexibility index (Phi) is 5.40. The zero-order valence-corrected chi connectivity index (χ0v) is 11.6. The Bertz CT molecular complexity index is 540.